The third kappa shape index (κ3) is 1.81. The van der Waals surface area contributed by atoms with E-state index in [4.69, 9.17) is 4.74 Å². The lowest BCUT2D eigenvalue weighted by molar-refractivity contribution is -0.180. The van der Waals surface area contributed by atoms with Crippen molar-refractivity contribution in [1.29, 1.82) is 0 Å². The van der Waals surface area contributed by atoms with Gasteiger partial charge in [-0.15, -0.1) is 0 Å². The summed E-state index contributed by atoms with van der Waals surface area (Å²) in [5.74, 6) is 3.12. The van der Waals surface area contributed by atoms with Gasteiger partial charge in [0.1, 0.15) is 5.72 Å². The first kappa shape index (κ1) is 11.4. The number of hydrogen-bond acceptors (Lipinski definition) is 3. The zero-order chi connectivity index (χ0) is 11.2. The first-order valence-corrected chi connectivity index (χ1v) is 7.82. The highest BCUT2D eigenvalue weighted by Gasteiger charge is 2.57. The molecule has 2 aliphatic heterocycles. The number of hydrogen-bond donors (Lipinski definition) is 1. The molecule has 2 nitrogen and oxygen atoms in total. The minimum Gasteiger partial charge on any atom is -0.356 e. The second-order valence-corrected chi connectivity index (χ2v) is 7.25. The smallest absolute Gasteiger partial charge is 0.128 e. The predicted molar refractivity (Wildman–Crippen MR) is 68.7 cm³/mol. The average Bonchev–Trinajstić information content (AvgIpc) is 3.05. The van der Waals surface area contributed by atoms with Crippen molar-refractivity contribution in [3.8, 4) is 0 Å². The van der Waals surface area contributed by atoms with Crippen LogP contribution in [0.1, 0.15) is 39.5 Å². The van der Waals surface area contributed by atoms with Crippen molar-refractivity contribution in [3.63, 3.8) is 0 Å². The highest BCUT2D eigenvalue weighted by Crippen LogP contribution is 2.55. The highest BCUT2D eigenvalue weighted by molar-refractivity contribution is 7.99. The normalized spacial score (nSPS) is 41.8. The lowest BCUT2D eigenvalue weighted by Gasteiger charge is -2.49. The molecule has 2 heterocycles. The van der Waals surface area contributed by atoms with Crippen LogP contribution in [0.3, 0.4) is 0 Å². The minimum atomic E-state index is 0.0195. The van der Waals surface area contributed by atoms with Crippen molar-refractivity contribution in [2.75, 3.05) is 18.1 Å². The van der Waals surface area contributed by atoms with Gasteiger partial charge >= 0.3 is 0 Å². The average molecular weight is 241 g/mol. The molecule has 2 atom stereocenters. The molecule has 3 fully saturated rings. The van der Waals surface area contributed by atoms with Crippen LogP contribution in [-0.2, 0) is 4.74 Å². The van der Waals surface area contributed by atoms with Crippen molar-refractivity contribution in [2.45, 2.75) is 51.4 Å². The molecule has 92 valence electrons. The fourth-order valence-corrected chi connectivity index (χ4v) is 4.45. The van der Waals surface area contributed by atoms with E-state index in [1.807, 2.05) is 11.8 Å². The Labute approximate surface area is 103 Å². The van der Waals surface area contributed by atoms with Crippen molar-refractivity contribution < 1.29 is 4.74 Å². The second-order valence-electron chi connectivity index (χ2n) is 6.15. The second kappa shape index (κ2) is 3.89. The van der Waals surface area contributed by atoms with Gasteiger partial charge in [0.2, 0.25) is 0 Å². The standard InChI is InChI=1S/C13H23NOS/c1-10(2)11-12(5-6-12)8-14-13(15-11)4-3-7-16-9-13/h10-11,14H,3-9H2,1-2H3. The number of thioether (sulfide) groups is 1. The summed E-state index contributed by atoms with van der Waals surface area (Å²) in [5.41, 5.74) is 0.521. The Morgan fingerprint density at radius 3 is 2.69 bits per heavy atom. The van der Waals surface area contributed by atoms with Crippen LogP contribution < -0.4 is 5.32 Å². The largest absolute Gasteiger partial charge is 0.356 e. The van der Waals surface area contributed by atoms with Gasteiger partial charge in [-0.3, -0.25) is 5.32 Å². The SMILES string of the molecule is CC(C)C1OC2(CCCSC2)NCC12CC2. The maximum atomic E-state index is 6.52. The van der Waals surface area contributed by atoms with Crippen LogP contribution in [0, 0.1) is 11.3 Å². The summed E-state index contributed by atoms with van der Waals surface area (Å²) in [6.45, 7) is 5.83. The van der Waals surface area contributed by atoms with Crippen molar-refractivity contribution in [1.82, 2.24) is 5.32 Å². The molecule has 0 radical (unpaired) electrons. The lowest BCUT2D eigenvalue weighted by atomic mass is 9.86. The zero-order valence-corrected chi connectivity index (χ0v) is 11.2. The molecule has 0 bridgehead atoms. The fraction of sp³-hybridized carbons (Fsp3) is 1.00. The number of rotatable bonds is 1. The lowest BCUT2D eigenvalue weighted by Crippen LogP contribution is -2.62. The van der Waals surface area contributed by atoms with E-state index < -0.39 is 0 Å². The maximum absolute atomic E-state index is 6.52. The zero-order valence-electron chi connectivity index (χ0n) is 10.4. The van der Waals surface area contributed by atoms with Crippen molar-refractivity contribution in [3.05, 3.63) is 0 Å². The molecule has 0 aromatic rings. The molecule has 1 saturated carbocycles. The van der Waals surface area contributed by atoms with Crippen LogP contribution in [0.15, 0.2) is 0 Å². The first-order chi connectivity index (χ1) is 7.66. The van der Waals surface area contributed by atoms with Crippen molar-refractivity contribution >= 4 is 11.8 Å². The summed E-state index contributed by atoms with van der Waals surface area (Å²) in [6, 6.07) is 0. The van der Waals surface area contributed by atoms with Crippen LogP contribution in [-0.4, -0.2) is 29.9 Å². The molecule has 2 saturated heterocycles. The van der Waals surface area contributed by atoms with Gasteiger partial charge in [-0.05, 0) is 37.4 Å². The summed E-state index contributed by atoms with van der Waals surface area (Å²) in [7, 11) is 0. The quantitative estimate of drug-likeness (QED) is 0.762. The third-order valence-corrected chi connectivity index (χ3v) is 5.67. The molecule has 1 N–H and O–H groups in total. The topological polar surface area (TPSA) is 21.3 Å². The third-order valence-electron chi connectivity index (χ3n) is 4.42. The molecule has 2 unspecified atom stereocenters. The number of nitrogens with one attached hydrogen (secondary N) is 1. The van der Waals surface area contributed by atoms with Crippen molar-refractivity contribution in [2.24, 2.45) is 11.3 Å². The van der Waals surface area contributed by atoms with Gasteiger partial charge < -0.3 is 4.74 Å². The molecule has 0 aromatic carbocycles. The maximum Gasteiger partial charge on any atom is 0.128 e. The molecule has 0 amide bonds. The van der Waals surface area contributed by atoms with Crippen LogP contribution in [0.2, 0.25) is 0 Å². The first-order valence-electron chi connectivity index (χ1n) is 6.67. The summed E-state index contributed by atoms with van der Waals surface area (Å²) >= 11 is 2.05. The van der Waals surface area contributed by atoms with Gasteiger partial charge in [0.05, 0.1) is 6.10 Å². The van der Waals surface area contributed by atoms with E-state index in [9.17, 15) is 0 Å². The highest BCUT2D eigenvalue weighted by atomic mass is 32.2. The van der Waals surface area contributed by atoms with E-state index in [0.717, 1.165) is 5.75 Å². The molecular weight excluding hydrogens is 218 g/mol. The van der Waals surface area contributed by atoms with E-state index in [0.29, 0.717) is 17.4 Å². The molecule has 3 rings (SSSR count). The Balaban J connectivity index is 1.75. The Bertz CT molecular complexity index is 269. The Kier molecular flexibility index (Phi) is 2.76. The summed E-state index contributed by atoms with van der Waals surface area (Å²) in [5, 5.41) is 3.73. The van der Waals surface area contributed by atoms with Crippen LogP contribution in [0.25, 0.3) is 0 Å². The van der Waals surface area contributed by atoms with Gasteiger partial charge in [0.15, 0.2) is 0 Å². The molecule has 3 aliphatic rings. The van der Waals surface area contributed by atoms with Gasteiger partial charge in [-0.2, -0.15) is 11.8 Å². The van der Waals surface area contributed by atoms with Crippen LogP contribution in [0.4, 0.5) is 0 Å². The molecule has 1 aliphatic carbocycles. The molecule has 2 spiro atoms. The molecule has 0 aromatic heterocycles. The van der Waals surface area contributed by atoms with Gasteiger partial charge in [-0.25, -0.2) is 0 Å². The molecule has 16 heavy (non-hydrogen) atoms. The van der Waals surface area contributed by atoms with E-state index in [-0.39, 0.29) is 5.72 Å². The Hall–Kier alpha value is 0.270. The van der Waals surface area contributed by atoms with E-state index in [1.165, 1.54) is 38.0 Å². The summed E-state index contributed by atoms with van der Waals surface area (Å²) in [4.78, 5) is 0. The predicted octanol–water partition coefficient (Wildman–Crippen LogP) is 2.63. The van der Waals surface area contributed by atoms with Crippen LogP contribution in [0.5, 0.6) is 0 Å². The van der Waals surface area contributed by atoms with E-state index >= 15 is 0 Å². The monoisotopic (exact) mass is 241 g/mol. The van der Waals surface area contributed by atoms with Gasteiger partial charge in [-0.1, -0.05) is 13.8 Å². The van der Waals surface area contributed by atoms with Crippen LogP contribution >= 0.6 is 11.8 Å². The van der Waals surface area contributed by atoms with Gasteiger partial charge in [0, 0.05) is 17.7 Å². The molecular formula is C13H23NOS. The minimum absolute atomic E-state index is 0.0195. The molecule has 3 heteroatoms. The van der Waals surface area contributed by atoms with E-state index in [1.54, 1.807) is 0 Å². The fourth-order valence-electron chi connectivity index (χ4n) is 3.31. The summed E-state index contributed by atoms with van der Waals surface area (Å²) in [6.07, 6.45) is 5.74. The van der Waals surface area contributed by atoms with E-state index in [2.05, 4.69) is 19.2 Å². The Morgan fingerprint density at radius 1 is 1.31 bits per heavy atom. The Morgan fingerprint density at radius 2 is 2.12 bits per heavy atom. The summed E-state index contributed by atoms with van der Waals surface area (Å²) < 4.78 is 6.52. The number of ether oxygens (including phenoxy) is 1. The van der Waals surface area contributed by atoms with Gasteiger partial charge in [0.25, 0.3) is 0 Å².